The first-order chi connectivity index (χ1) is 11.4. The lowest BCUT2D eigenvalue weighted by Gasteiger charge is -2.14. The molecule has 1 aliphatic rings. The van der Waals surface area contributed by atoms with Gasteiger partial charge >= 0.3 is 5.97 Å². The number of ether oxygens (including phenoxy) is 1. The van der Waals surface area contributed by atoms with Crippen LogP contribution < -0.4 is 0 Å². The van der Waals surface area contributed by atoms with Gasteiger partial charge in [0.1, 0.15) is 0 Å². The van der Waals surface area contributed by atoms with Gasteiger partial charge in [-0.05, 0) is 51.3 Å². The Morgan fingerprint density at radius 1 is 1.29 bits per heavy atom. The number of rotatable bonds is 5. The van der Waals surface area contributed by atoms with Crippen LogP contribution in [0.1, 0.15) is 70.2 Å². The molecule has 1 aromatic carbocycles. The number of halogens is 1. The zero-order chi connectivity index (χ0) is 17.4. The monoisotopic (exact) mass is 347 g/mol. The van der Waals surface area contributed by atoms with Crippen molar-refractivity contribution in [1.82, 2.24) is 5.16 Å². The molecule has 0 atom stereocenters. The summed E-state index contributed by atoms with van der Waals surface area (Å²) in [5.74, 6) is 0.144. The summed E-state index contributed by atoms with van der Waals surface area (Å²) in [5.41, 5.74) is 1.58. The van der Waals surface area contributed by atoms with Crippen LogP contribution in [0.4, 0.5) is 0 Å². The second-order valence-corrected chi connectivity index (χ2v) is 6.66. The molecule has 3 rings (SSSR count). The highest BCUT2D eigenvalue weighted by atomic mass is 35.5. The number of ketones is 1. The van der Waals surface area contributed by atoms with Crippen molar-refractivity contribution in [3.05, 3.63) is 51.4 Å². The highest BCUT2D eigenvalue weighted by molar-refractivity contribution is 6.34. The number of carbonyl (C=O) groups is 2. The highest BCUT2D eigenvalue weighted by Crippen LogP contribution is 2.42. The van der Waals surface area contributed by atoms with Crippen molar-refractivity contribution in [2.45, 2.75) is 45.6 Å². The number of carbonyl (C=O) groups excluding carboxylic acids is 2. The van der Waals surface area contributed by atoms with E-state index in [9.17, 15) is 9.59 Å². The third kappa shape index (κ3) is 3.08. The van der Waals surface area contributed by atoms with E-state index in [4.69, 9.17) is 20.9 Å². The number of nitrogens with zero attached hydrogens (tertiary/aromatic N) is 1. The number of benzene rings is 1. The molecule has 24 heavy (non-hydrogen) atoms. The molecule has 0 aliphatic heterocycles. The van der Waals surface area contributed by atoms with E-state index >= 15 is 0 Å². The van der Waals surface area contributed by atoms with Crippen LogP contribution in [-0.2, 0) is 4.74 Å². The normalized spacial score (nSPS) is 14.0. The number of aromatic nitrogens is 1. The molecule has 5 nitrogen and oxygen atoms in total. The van der Waals surface area contributed by atoms with Gasteiger partial charge in [0.2, 0.25) is 0 Å². The minimum atomic E-state index is -0.533. The maximum absolute atomic E-state index is 12.9. The third-order valence-corrected chi connectivity index (χ3v) is 4.31. The van der Waals surface area contributed by atoms with Gasteiger partial charge in [-0.2, -0.15) is 0 Å². The van der Waals surface area contributed by atoms with Crippen molar-refractivity contribution in [1.29, 1.82) is 0 Å². The SMILES string of the molecule is Cc1c(C(=O)c2cnoc2C2CC2)ccc(Cl)c1C(=O)OC(C)C. The van der Waals surface area contributed by atoms with E-state index < -0.39 is 5.97 Å². The van der Waals surface area contributed by atoms with Gasteiger partial charge in [-0.25, -0.2) is 4.79 Å². The van der Waals surface area contributed by atoms with Gasteiger partial charge in [-0.1, -0.05) is 16.8 Å². The Balaban J connectivity index is 2.00. The van der Waals surface area contributed by atoms with Crippen LogP contribution in [0.15, 0.2) is 22.9 Å². The van der Waals surface area contributed by atoms with Gasteiger partial charge in [0.25, 0.3) is 0 Å². The Hall–Kier alpha value is -2.14. The molecule has 0 amide bonds. The van der Waals surface area contributed by atoms with Gasteiger partial charge < -0.3 is 9.26 Å². The molecular weight excluding hydrogens is 330 g/mol. The van der Waals surface area contributed by atoms with E-state index in [0.717, 1.165) is 12.8 Å². The quantitative estimate of drug-likeness (QED) is 0.595. The van der Waals surface area contributed by atoms with Crippen molar-refractivity contribution in [2.24, 2.45) is 0 Å². The minimum absolute atomic E-state index is 0.217. The molecule has 1 fully saturated rings. The van der Waals surface area contributed by atoms with Crippen molar-refractivity contribution in [2.75, 3.05) is 0 Å². The maximum atomic E-state index is 12.9. The summed E-state index contributed by atoms with van der Waals surface area (Å²) in [6.45, 7) is 5.21. The second kappa shape index (κ2) is 6.40. The summed E-state index contributed by atoms with van der Waals surface area (Å²) in [6, 6.07) is 3.17. The topological polar surface area (TPSA) is 69.4 Å². The summed E-state index contributed by atoms with van der Waals surface area (Å²) >= 11 is 6.16. The van der Waals surface area contributed by atoms with E-state index in [2.05, 4.69) is 5.16 Å². The largest absolute Gasteiger partial charge is 0.459 e. The average molecular weight is 348 g/mol. The van der Waals surface area contributed by atoms with E-state index in [1.165, 1.54) is 6.20 Å². The summed E-state index contributed by atoms with van der Waals surface area (Å²) in [7, 11) is 0. The number of esters is 1. The van der Waals surface area contributed by atoms with Gasteiger partial charge in [-0.15, -0.1) is 0 Å². The lowest BCUT2D eigenvalue weighted by Crippen LogP contribution is -2.16. The molecule has 0 saturated heterocycles. The first kappa shape index (κ1) is 16.7. The molecular formula is C18H18ClNO4. The van der Waals surface area contributed by atoms with Crippen LogP contribution in [-0.4, -0.2) is 23.0 Å². The van der Waals surface area contributed by atoms with Crippen LogP contribution in [0.2, 0.25) is 5.02 Å². The Labute approximate surface area is 144 Å². The predicted molar refractivity (Wildman–Crippen MR) is 88.7 cm³/mol. The van der Waals surface area contributed by atoms with Crippen LogP contribution in [0, 0.1) is 6.92 Å². The third-order valence-electron chi connectivity index (χ3n) is 4.00. The lowest BCUT2D eigenvalue weighted by molar-refractivity contribution is 0.0377. The predicted octanol–water partition coefficient (Wildman–Crippen LogP) is 4.31. The van der Waals surface area contributed by atoms with Crippen molar-refractivity contribution >= 4 is 23.4 Å². The van der Waals surface area contributed by atoms with E-state index in [0.29, 0.717) is 22.5 Å². The fourth-order valence-corrected chi connectivity index (χ4v) is 2.93. The second-order valence-electron chi connectivity index (χ2n) is 6.26. The van der Waals surface area contributed by atoms with Gasteiger partial charge in [0.05, 0.1) is 28.5 Å². The summed E-state index contributed by atoms with van der Waals surface area (Å²) in [5, 5.41) is 4.03. The van der Waals surface area contributed by atoms with Gasteiger partial charge in [0, 0.05) is 11.5 Å². The first-order valence-corrected chi connectivity index (χ1v) is 8.27. The zero-order valence-corrected chi connectivity index (χ0v) is 14.5. The van der Waals surface area contributed by atoms with E-state index in [1.54, 1.807) is 32.9 Å². The molecule has 0 unspecified atom stereocenters. The summed E-state index contributed by atoms with van der Waals surface area (Å²) < 4.78 is 10.5. The van der Waals surface area contributed by atoms with Crippen LogP contribution >= 0.6 is 11.6 Å². The summed E-state index contributed by atoms with van der Waals surface area (Å²) in [6.07, 6.45) is 3.17. The average Bonchev–Trinajstić information content (AvgIpc) is 3.23. The zero-order valence-electron chi connectivity index (χ0n) is 13.8. The first-order valence-electron chi connectivity index (χ1n) is 7.89. The standard InChI is InChI=1S/C18H18ClNO4/c1-9(2)23-18(22)15-10(3)12(6-7-14(15)19)16(21)13-8-20-24-17(13)11-4-5-11/h6-9,11H,4-5H2,1-3H3. The van der Waals surface area contributed by atoms with Gasteiger partial charge in [0.15, 0.2) is 11.5 Å². The minimum Gasteiger partial charge on any atom is -0.459 e. The van der Waals surface area contributed by atoms with Crippen LogP contribution in [0.3, 0.4) is 0 Å². The Bertz CT molecular complexity index is 805. The molecule has 0 N–H and O–H groups in total. The van der Waals surface area contributed by atoms with Gasteiger partial charge in [-0.3, -0.25) is 4.79 Å². The Morgan fingerprint density at radius 2 is 2.00 bits per heavy atom. The Morgan fingerprint density at radius 3 is 2.62 bits per heavy atom. The molecule has 2 aromatic rings. The molecule has 1 aliphatic carbocycles. The highest BCUT2D eigenvalue weighted by Gasteiger charge is 2.33. The van der Waals surface area contributed by atoms with Crippen molar-refractivity contribution in [3.8, 4) is 0 Å². The molecule has 1 aromatic heterocycles. The molecule has 1 heterocycles. The van der Waals surface area contributed by atoms with Crippen molar-refractivity contribution < 1.29 is 18.8 Å². The number of hydrogen-bond donors (Lipinski definition) is 0. The molecule has 6 heteroatoms. The lowest BCUT2D eigenvalue weighted by atomic mass is 9.95. The molecule has 0 spiro atoms. The van der Waals surface area contributed by atoms with E-state index in [1.807, 2.05) is 0 Å². The number of hydrogen-bond acceptors (Lipinski definition) is 5. The van der Waals surface area contributed by atoms with E-state index in [-0.39, 0.29) is 28.4 Å². The van der Waals surface area contributed by atoms with Crippen LogP contribution in [0.25, 0.3) is 0 Å². The molecule has 0 bridgehead atoms. The Kier molecular flexibility index (Phi) is 4.45. The fraction of sp³-hybridized carbons (Fsp3) is 0.389. The van der Waals surface area contributed by atoms with Crippen LogP contribution in [0.5, 0.6) is 0 Å². The molecule has 0 radical (unpaired) electrons. The van der Waals surface area contributed by atoms with Crippen molar-refractivity contribution in [3.63, 3.8) is 0 Å². The molecule has 126 valence electrons. The molecule has 1 saturated carbocycles. The summed E-state index contributed by atoms with van der Waals surface area (Å²) in [4.78, 5) is 25.2. The fourth-order valence-electron chi connectivity index (χ4n) is 2.65. The maximum Gasteiger partial charge on any atom is 0.340 e. The smallest absolute Gasteiger partial charge is 0.340 e.